The van der Waals surface area contributed by atoms with Crippen molar-refractivity contribution in [2.24, 2.45) is 0 Å². The topological polar surface area (TPSA) is 204 Å². The number of nitrogens with one attached hydrogen (secondary N) is 4. The number of rotatable bonds is 14. The number of hydrogen-bond donors (Lipinski definition) is 4. The molecular formula is C42H43N11O6. The van der Waals surface area contributed by atoms with Gasteiger partial charge in [-0.2, -0.15) is 5.10 Å². The highest BCUT2D eigenvalue weighted by molar-refractivity contribution is 6.25. The second-order valence-electron chi connectivity index (χ2n) is 14.7. The molecule has 0 bridgehead atoms. The fraction of sp³-hybridized carbons (Fsp3) is 0.310. The Kier molecular flexibility index (Phi) is 11.3. The molecule has 0 radical (unpaired) electrons. The lowest BCUT2D eigenvalue weighted by Gasteiger charge is -2.35. The van der Waals surface area contributed by atoms with Crippen molar-refractivity contribution in [2.75, 3.05) is 56.0 Å². The number of hydrogen-bond acceptors (Lipinski definition) is 12. The average Bonchev–Trinajstić information content (AvgIpc) is 3.83. The van der Waals surface area contributed by atoms with Gasteiger partial charge in [0.1, 0.15) is 18.2 Å². The minimum Gasteiger partial charge on any atom is -0.375 e. The zero-order chi connectivity index (χ0) is 40.9. The standard InChI is InChI=1S/C42H43N11O6/c54-35-14-13-34(40(57)49-35)53-41(58)30-9-6-10-33(37(30)42(53)59)45-23-36(55)43-15-4-5-16-44-39(56)28-11-12-32-31(21-28)38(47-26-46-32)51-19-17-50(18-20-51)24-27-22-48-52(25-27)29-7-2-1-3-8-29/h1-3,6-12,21-22,25-26,34,45H,4-5,13-20,23-24H2,(H,43,55)(H,44,56)(H,49,54,57). The first kappa shape index (κ1) is 38.8. The number of carbonyl (C=O) groups excluding carboxylic acids is 6. The smallest absolute Gasteiger partial charge is 0.264 e. The SMILES string of the molecule is O=C(CNc1cccc2c1C(=O)N(C1CCC(=O)NC1=O)C2=O)NCCCCNC(=O)c1ccc2ncnc(N3CCN(Cc4cnn(-c5ccccc5)c4)CC3)c2c1. The Morgan fingerprint density at radius 2 is 1.64 bits per heavy atom. The van der Waals surface area contributed by atoms with E-state index in [1.807, 2.05) is 53.3 Å². The minimum atomic E-state index is -1.08. The van der Waals surface area contributed by atoms with E-state index in [0.29, 0.717) is 37.2 Å². The number of piperazine rings is 1. The first-order valence-electron chi connectivity index (χ1n) is 19.7. The number of carbonyl (C=O) groups is 6. The summed E-state index contributed by atoms with van der Waals surface area (Å²) in [5.41, 5.74) is 3.95. The van der Waals surface area contributed by atoms with Crippen LogP contribution in [-0.2, 0) is 20.9 Å². The van der Waals surface area contributed by atoms with E-state index in [9.17, 15) is 28.8 Å². The van der Waals surface area contributed by atoms with Gasteiger partial charge in [-0.25, -0.2) is 14.6 Å². The molecule has 17 heteroatoms. The van der Waals surface area contributed by atoms with E-state index in [0.717, 1.165) is 65.6 Å². The highest BCUT2D eigenvalue weighted by atomic mass is 16.2. The second kappa shape index (κ2) is 17.2. The Labute approximate surface area is 339 Å². The largest absolute Gasteiger partial charge is 0.375 e. The van der Waals surface area contributed by atoms with Gasteiger partial charge in [0.25, 0.3) is 17.7 Å². The van der Waals surface area contributed by atoms with Crippen molar-refractivity contribution >= 4 is 57.9 Å². The van der Waals surface area contributed by atoms with Gasteiger partial charge in [0.2, 0.25) is 17.7 Å². The van der Waals surface area contributed by atoms with Crippen molar-refractivity contribution in [3.8, 4) is 5.69 Å². The molecule has 302 valence electrons. The van der Waals surface area contributed by atoms with Crippen LogP contribution in [0.5, 0.6) is 0 Å². The Hall–Kier alpha value is -7.01. The van der Waals surface area contributed by atoms with E-state index in [1.165, 1.54) is 6.07 Å². The number of piperidine rings is 1. The van der Waals surface area contributed by atoms with Crippen LogP contribution < -0.4 is 26.2 Å². The van der Waals surface area contributed by atoms with Crippen LogP contribution in [0.4, 0.5) is 11.5 Å². The van der Waals surface area contributed by atoms with Crippen LogP contribution >= 0.6 is 0 Å². The number of nitrogens with zero attached hydrogens (tertiary/aromatic N) is 7. The lowest BCUT2D eigenvalue weighted by molar-refractivity contribution is -0.136. The molecule has 1 unspecified atom stereocenters. The summed E-state index contributed by atoms with van der Waals surface area (Å²) in [6, 6.07) is 19.1. The summed E-state index contributed by atoms with van der Waals surface area (Å²) in [7, 11) is 0. The molecule has 2 saturated heterocycles. The maximum atomic E-state index is 13.3. The van der Waals surface area contributed by atoms with Gasteiger partial charge in [0.05, 0.1) is 35.1 Å². The number of unbranched alkanes of at least 4 members (excludes halogenated alkanes) is 1. The number of anilines is 2. The number of aromatic nitrogens is 4. The monoisotopic (exact) mass is 797 g/mol. The second-order valence-corrected chi connectivity index (χ2v) is 14.7. The van der Waals surface area contributed by atoms with Crippen molar-refractivity contribution in [3.63, 3.8) is 0 Å². The van der Waals surface area contributed by atoms with Crippen molar-refractivity contribution in [2.45, 2.75) is 38.3 Å². The van der Waals surface area contributed by atoms with Gasteiger partial charge < -0.3 is 20.9 Å². The molecule has 6 amide bonds. The van der Waals surface area contributed by atoms with Gasteiger partial charge in [0.15, 0.2) is 0 Å². The molecule has 5 aromatic rings. The normalized spacial score (nSPS) is 16.9. The molecule has 59 heavy (non-hydrogen) atoms. The fourth-order valence-electron chi connectivity index (χ4n) is 7.66. The van der Waals surface area contributed by atoms with Gasteiger partial charge in [-0.05, 0) is 61.7 Å². The molecule has 1 atom stereocenters. The van der Waals surface area contributed by atoms with Gasteiger partial charge in [-0.15, -0.1) is 0 Å². The number of para-hydroxylation sites is 1. The Bertz CT molecular complexity index is 2430. The molecule has 0 spiro atoms. The van der Waals surface area contributed by atoms with E-state index >= 15 is 0 Å². The maximum absolute atomic E-state index is 13.3. The summed E-state index contributed by atoms with van der Waals surface area (Å²) >= 11 is 0. The van der Waals surface area contributed by atoms with E-state index in [-0.39, 0.29) is 42.3 Å². The first-order valence-corrected chi connectivity index (χ1v) is 19.7. The van der Waals surface area contributed by atoms with E-state index in [4.69, 9.17) is 0 Å². The molecule has 8 rings (SSSR count). The van der Waals surface area contributed by atoms with E-state index in [1.54, 1.807) is 24.5 Å². The van der Waals surface area contributed by atoms with Crippen LogP contribution in [0.1, 0.15) is 62.3 Å². The summed E-state index contributed by atoms with van der Waals surface area (Å²) in [6.07, 6.45) is 6.85. The number of imide groups is 2. The van der Waals surface area contributed by atoms with Gasteiger partial charge in [0, 0.05) is 80.6 Å². The first-order chi connectivity index (χ1) is 28.7. The molecule has 3 aliphatic rings. The summed E-state index contributed by atoms with van der Waals surface area (Å²) in [5, 5.41) is 16.3. The summed E-state index contributed by atoms with van der Waals surface area (Å²) in [5.74, 6) is -2.15. The van der Waals surface area contributed by atoms with Crippen molar-refractivity contribution in [3.05, 3.63) is 108 Å². The molecule has 3 aliphatic heterocycles. The summed E-state index contributed by atoms with van der Waals surface area (Å²) < 4.78 is 1.89. The molecule has 2 fully saturated rings. The quantitative estimate of drug-likeness (QED) is 0.0945. The van der Waals surface area contributed by atoms with Crippen molar-refractivity contribution in [1.82, 2.24) is 45.5 Å². The fourth-order valence-corrected chi connectivity index (χ4v) is 7.66. The molecule has 4 N–H and O–H groups in total. The zero-order valence-electron chi connectivity index (χ0n) is 32.2. The molecule has 17 nitrogen and oxygen atoms in total. The highest BCUT2D eigenvalue weighted by Gasteiger charge is 2.45. The Morgan fingerprint density at radius 3 is 2.44 bits per heavy atom. The highest BCUT2D eigenvalue weighted by Crippen LogP contribution is 2.32. The van der Waals surface area contributed by atoms with Gasteiger partial charge in [-0.3, -0.25) is 43.9 Å². The predicted octanol–water partition coefficient (Wildman–Crippen LogP) is 2.28. The van der Waals surface area contributed by atoms with Crippen LogP contribution in [0.15, 0.2) is 85.5 Å². The Morgan fingerprint density at radius 1 is 0.847 bits per heavy atom. The molecule has 0 saturated carbocycles. The predicted molar refractivity (Wildman–Crippen MR) is 217 cm³/mol. The van der Waals surface area contributed by atoms with E-state index < -0.39 is 29.7 Å². The average molecular weight is 798 g/mol. The number of amides is 6. The number of fused-ring (bicyclic) bond motifs is 2. The lowest BCUT2D eigenvalue weighted by atomic mass is 10.0. The number of benzene rings is 3. The van der Waals surface area contributed by atoms with Crippen LogP contribution in [-0.4, -0.2) is 117 Å². The third-order valence-electron chi connectivity index (χ3n) is 10.7. The summed E-state index contributed by atoms with van der Waals surface area (Å²) in [4.78, 5) is 90.8. The molecule has 3 aromatic carbocycles. The molecule has 5 heterocycles. The third-order valence-corrected chi connectivity index (χ3v) is 10.7. The minimum absolute atomic E-state index is 0.0219. The van der Waals surface area contributed by atoms with Gasteiger partial charge in [-0.1, -0.05) is 24.3 Å². The van der Waals surface area contributed by atoms with Crippen molar-refractivity contribution < 1.29 is 28.8 Å². The van der Waals surface area contributed by atoms with E-state index in [2.05, 4.69) is 52.3 Å². The molecular weight excluding hydrogens is 755 g/mol. The van der Waals surface area contributed by atoms with Gasteiger partial charge >= 0.3 is 0 Å². The zero-order valence-corrected chi connectivity index (χ0v) is 32.2. The van der Waals surface area contributed by atoms with Crippen LogP contribution in [0.25, 0.3) is 16.6 Å². The van der Waals surface area contributed by atoms with Crippen LogP contribution in [0, 0.1) is 0 Å². The summed E-state index contributed by atoms with van der Waals surface area (Å²) in [6.45, 7) is 4.69. The maximum Gasteiger partial charge on any atom is 0.264 e. The third kappa shape index (κ3) is 8.50. The van der Waals surface area contributed by atoms with Crippen molar-refractivity contribution in [1.29, 1.82) is 0 Å². The van der Waals surface area contributed by atoms with Crippen LogP contribution in [0.3, 0.4) is 0 Å². The molecule has 0 aliphatic carbocycles. The van der Waals surface area contributed by atoms with Crippen LogP contribution in [0.2, 0.25) is 0 Å². The Balaban J connectivity index is 0.771. The lowest BCUT2D eigenvalue weighted by Crippen LogP contribution is -2.54. The molecule has 2 aromatic heterocycles.